The van der Waals surface area contributed by atoms with E-state index in [2.05, 4.69) is 0 Å². The van der Waals surface area contributed by atoms with Gasteiger partial charge in [0.15, 0.2) is 9.84 Å². The van der Waals surface area contributed by atoms with Crippen LogP contribution in [0.1, 0.15) is 25.5 Å². The SMILES string of the molecule is CCS(=O)(=O)CC(C)N(C)CC(O)c1ccc(Cl)cc1. The van der Waals surface area contributed by atoms with Gasteiger partial charge in [0.2, 0.25) is 0 Å². The first-order valence-corrected chi connectivity index (χ1v) is 8.79. The standard InChI is InChI=1S/C14H22ClNO3S/c1-4-20(18,19)10-11(2)16(3)9-14(17)12-5-7-13(15)8-6-12/h5-8,11,14,17H,4,9-10H2,1-3H3. The molecule has 1 aromatic carbocycles. The number of sulfone groups is 1. The van der Waals surface area contributed by atoms with Crippen molar-refractivity contribution < 1.29 is 13.5 Å². The van der Waals surface area contributed by atoms with Crippen molar-refractivity contribution in [1.29, 1.82) is 0 Å². The fourth-order valence-electron chi connectivity index (χ4n) is 1.86. The van der Waals surface area contributed by atoms with Gasteiger partial charge >= 0.3 is 0 Å². The molecule has 2 unspecified atom stereocenters. The van der Waals surface area contributed by atoms with E-state index in [4.69, 9.17) is 11.6 Å². The number of hydrogen-bond acceptors (Lipinski definition) is 4. The van der Waals surface area contributed by atoms with Gasteiger partial charge in [-0.3, -0.25) is 4.90 Å². The second-order valence-corrected chi connectivity index (χ2v) is 7.89. The monoisotopic (exact) mass is 319 g/mol. The molecule has 1 N–H and O–H groups in total. The van der Waals surface area contributed by atoms with E-state index >= 15 is 0 Å². The number of aliphatic hydroxyl groups excluding tert-OH is 1. The Labute approximate surface area is 126 Å². The number of likely N-dealkylation sites (N-methyl/N-ethyl adjacent to an activating group) is 1. The van der Waals surface area contributed by atoms with Crippen molar-refractivity contribution in [1.82, 2.24) is 4.90 Å². The highest BCUT2D eigenvalue weighted by molar-refractivity contribution is 7.91. The second kappa shape index (κ2) is 7.41. The van der Waals surface area contributed by atoms with E-state index in [0.29, 0.717) is 11.6 Å². The number of nitrogens with zero attached hydrogens (tertiary/aromatic N) is 1. The molecule has 4 nitrogen and oxygen atoms in total. The number of aliphatic hydroxyl groups is 1. The van der Waals surface area contributed by atoms with Gasteiger partial charge in [-0.05, 0) is 31.7 Å². The van der Waals surface area contributed by atoms with E-state index in [1.165, 1.54) is 0 Å². The van der Waals surface area contributed by atoms with E-state index < -0.39 is 15.9 Å². The molecule has 0 radical (unpaired) electrons. The average molecular weight is 320 g/mol. The van der Waals surface area contributed by atoms with Gasteiger partial charge in [-0.1, -0.05) is 30.7 Å². The number of rotatable bonds is 7. The predicted octanol–water partition coefficient (Wildman–Crippen LogP) is 2.13. The molecule has 0 saturated heterocycles. The fourth-order valence-corrected chi connectivity index (χ4v) is 3.21. The first kappa shape index (κ1) is 17.4. The normalized spacial score (nSPS) is 15.3. The summed E-state index contributed by atoms with van der Waals surface area (Å²) in [5.41, 5.74) is 0.770. The third kappa shape index (κ3) is 5.40. The molecule has 0 spiro atoms. The molecule has 114 valence electrons. The lowest BCUT2D eigenvalue weighted by atomic mass is 10.1. The summed E-state index contributed by atoms with van der Waals surface area (Å²) in [6.45, 7) is 3.87. The fraction of sp³-hybridized carbons (Fsp3) is 0.571. The van der Waals surface area contributed by atoms with Crippen LogP contribution in [-0.4, -0.2) is 49.6 Å². The second-order valence-electron chi connectivity index (χ2n) is 5.05. The van der Waals surface area contributed by atoms with Crippen molar-refractivity contribution >= 4 is 21.4 Å². The van der Waals surface area contributed by atoms with Gasteiger partial charge in [-0.15, -0.1) is 0 Å². The molecule has 1 aromatic rings. The predicted molar refractivity (Wildman–Crippen MR) is 82.8 cm³/mol. The van der Waals surface area contributed by atoms with Crippen LogP contribution in [0.3, 0.4) is 0 Å². The minimum Gasteiger partial charge on any atom is -0.387 e. The van der Waals surface area contributed by atoms with Crippen molar-refractivity contribution in [3.63, 3.8) is 0 Å². The van der Waals surface area contributed by atoms with Gasteiger partial charge in [-0.25, -0.2) is 8.42 Å². The van der Waals surface area contributed by atoms with Gasteiger partial charge in [0.05, 0.1) is 11.9 Å². The summed E-state index contributed by atoms with van der Waals surface area (Å²) in [5.74, 6) is 0.248. The molecule has 20 heavy (non-hydrogen) atoms. The van der Waals surface area contributed by atoms with Crippen molar-refractivity contribution in [2.45, 2.75) is 26.0 Å². The van der Waals surface area contributed by atoms with Crippen molar-refractivity contribution in [3.05, 3.63) is 34.9 Å². The van der Waals surface area contributed by atoms with Crippen LogP contribution >= 0.6 is 11.6 Å². The Morgan fingerprint density at radius 2 is 1.85 bits per heavy atom. The maximum Gasteiger partial charge on any atom is 0.151 e. The van der Waals surface area contributed by atoms with Crippen LogP contribution in [0.4, 0.5) is 0 Å². The topological polar surface area (TPSA) is 57.6 Å². The van der Waals surface area contributed by atoms with Crippen LogP contribution in [0.15, 0.2) is 24.3 Å². The molecule has 0 aromatic heterocycles. The Balaban J connectivity index is 2.61. The van der Waals surface area contributed by atoms with Crippen LogP contribution in [0.25, 0.3) is 0 Å². The summed E-state index contributed by atoms with van der Waals surface area (Å²) >= 11 is 5.80. The smallest absolute Gasteiger partial charge is 0.151 e. The Morgan fingerprint density at radius 3 is 2.35 bits per heavy atom. The molecule has 0 fully saturated rings. The van der Waals surface area contributed by atoms with Crippen LogP contribution in [-0.2, 0) is 9.84 Å². The maximum atomic E-state index is 11.6. The lowest BCUT2D eigenvalue weighted by molar-refractivity contribution is 0.113. The highest BCUT2D eigenvalue weighted by Crippen LogP contribution is 2.18. The van der Waals surface area contributed by atoms with E-state index in [1.54, 1.807) is 31.2 Å². The average Bonchev–Trinajstić information content (AvgIpc) is 2.38. The highest BCUT2D eigenvalue weighted by atomic mass is 35.5. The number of hydrogen-bond donors (Lipinski definition) is 1. The van der Waals surface area contributed by atoms with E-state index in [0.717, 1.165) is 5.56 Å². The largest absolute Gasteiger partial charge is 0.387 e. The molecule has 2 atom stereocenters. The summed E-state index contributed by atoms with van der Waals surface area (Å²) in [7, 11) is -1.20. The summed E-state index contributed by atoms with van der Waals surface area (Å²) < 4.78 is 23.2. The molecule has 1 rings (SSSR count). The minimum absolute atomic E-state index is 0.105. The molecule has 0 aliphatic rings. The first-order valence-electron chi connectivity index (χ1n) is 6.59. The molecular weight excluding hydrogens is 298 g/mol. The molecule has 0 saturated carbocycles. The van der Waals surface area contributed by atoms with Crippen LogP contribution < -0.4 is 0 Å². The third-order valence-corrected chi connectivity index (χ3v) is 5.53. The van der Waals surface area contributed by atoms with E-state index in [9.17, 15) is 13.5 Å². The van der Waals surface area contributed by atoms with E-state index in [1.807, 2.05) is 18.9 Å². The molecule has 0 bridgehead atoms. The highest BCUT2D eigenvalue weighted by Gasteiger charge is 2.20. The molecular formula is C14H22ClNO3S. The third-order valence-electron chi connectivity index (χ3n) is 3.40. The van der Waals surface area contributed by atoms with Crippen LogP contribution in [0.2, 0.25) is 5.02 Å². The molecule has 6 heteroatoms. The van der Waals surface area contributed by atoms with Crippen molar-refractivity contribution in [3.8, 4) is 0 Å². The van der Waals surface area contributed by atoms with Gasteiger partial charge in [0, 0.05) is 23.4 Å². The number of benzene rings is 1. The van der Waals surface area contributed by atoms with Gasteiger partial charge in [0.1, 0.15) is 0 Å². The summed E-state index contributed by atoms with van der Waals surface area (Å²) in [5, 5.41) is 10.8. The van der Waals surface area contributed by atoms with Gasteiger partial charge in [-0.2, -0.15) is 0 Å². The van der Waals surface area contributed by atoms with Crippen molar-refractivity contribution in [2.24, 2.45) is 0 Å². The molecule has 0 aliphatic carbocycles. The zero-order chi connectivity index (χ0) is 15.3. The first-order chi connectivity index (χ1) is 9.25. The summed E-state index contributed by atoms with van der Waals surface area (Å²) in [4.78, 5) is 1.85. The van der Waals surface area contributed by atoms with Crippen LogP contribution in [0, 0.1) is 0 Å². The Kier molecular flexibility index (Phi) is 6.45. The Hall–Kier alpha value is -0.620. The molecule has 0 aliphatic heterocycles. The lowest BCUT2D eigenvalue weighted by Crippen LogP contribution is -2.38. The minimum atomic E-state index is -3.01. The van der Waals surface area contributed by atoms with Gasteiger partial charge in [0.25, 0.3) is 0 Å². The summed E-state index contributed by atoms with van der Waals surface area (Å²) in [6.07, 6.45) is -0.663. The Bertz CT molecular complexity index is 516. The Morgan fingerprint density at radius 1 is 1.30 bits per heavy atom. The van der Waals surface area contributed by atoms with E-state index in [-0.39, 0.29) is 17.5 Å². The summed E-state index contributed by atoms with van der Waals surface area (Å²) in [6, 6.07) is 6.86. The van der Waals surface area contributed by atoms with Crippen LogP contribution in [0.5, 0.6) is 0 Å². The van der Waals surface area contributed by atoms with Crippen molar-refractivity contribution in [2.75, 3.05) is 25.1 Å². The maximum absolute atomic E-state index is 11.6. The van der Waals surface area contributed by atoms with Gasteiger partial charge < -0.3 is 5.11 Å². The number of halogens is 1. The molecule has 0 amide bonds. The zero-order valence-corrected chi connectivity index (χ0v) is 13.7. The quantitative estimate of drug-likeness (QED) is 0.836. The zero-order valence-electron chi connectivity index (χ0n) is 12.1. The lowest BCUT2D eigenvalue weighted by Gasteiger charge is -2.26. The molecule has 0 heterocycles.